The molecule has 2 rings (SSSR count). The first kappa shape index (κ1) is 13.3. The van der Waals surface area contributed by atoms with Crippen LogP contribution in [0.3, 0.4) is 0 Å². The maximum Gasteiger partial charge on any atom is 0.221 e. The Bertz CT molecular complexity index is 503. The summed E-state index contributed by atoms with van der Waals surface area (Å²) < 4.78 is 3.65. The average molecular weight is 261 g/mol. The molecular weight excluding hydrogens is 242 g/mol. The van der Waals surface area contributed by atoms with Crippen LogP contribution in [0.2, 0.25) is 0 Å². The first-order valence-corrected chi connectivity index (χ1v) is 6.47. The van der Waals surface area contributed by atoms with Gasteiger partial charge < -0.3 is 5.32 Å². The zero-order valence-electron chi connectivity index (χ0n) is 11.1. The minimum Gasteiger partial charge on any atom is -0.356 e. The van der Waals surface area contributed by atoms with Gasteiger partial charge in [0.05, 0.1) is 6.20 Å². The van der Waals surface area contributed by atoms with E-state index in [1.807, 2.05) is 30.1 Å². The Morgan fingerprint density at radius 2 is 2.21 bits per heavy atom. The van der Waals surface area contributed by atoms with E-state index < -0.39 is 0 Å². The van der Waals surface area contributed by atoms with Gasteiger partial charge in [0.2, 0.25) is 5.91 Å². The Morgan fingerprint density at radius 3 is 2.89 bits per heavy atom. The lowest BCUT2D eigenvalue weighted by Crippen LogP contribution is -2.26. The molecule has 102 valence electrons. The smallest absolute Gasteiger partial charge is 0.221 e. The molecule has 19 heavy (non-hydrogen) atoms. The average Bonchev–Trinajstić information content (AvgIpc) is 3.03. The van der Waals surface area contributed by atoms with Gasteiger partial charge >= 0.3 is 0 Å². The van der Waals surface area contributed by atoms with E-state index in [4.69, 9.17) is 0 Å². The van der Waals surface area contributed by atoms with E-state index in [0.717, 1.165) is 18.5 Å². The summed E-state index contributed by atoms with van der Waals surface area (Å²) in [7, 11) is 0. The van der Waals surface area contributed by atoms with Gasteiger partial charge in [-0.05, 0) is 25.0 Å². The highest BCUT2D eigenvalue weighted by Gasteiger charge is 2.02. The van der Waals surface area contributed by atoms with E-state index in [1.165, 1.54) is 0 Å². The fourth-order valence-corrected chi connectivity index (χ4v) is 1.80. The van der Waals surface area contributed by atoms with Gasteiger partial charge in [-0.1, -0.05) is 0 Å². The SMILES string of the molecule is Cc1cnn(CCC(=O)NCCCn2cccn2)c1. The Labute approximate surface area is 112 Å². The predicted octanol–water partition coefficient (Wildman–Crippen LogP) is 0.985. The first-order valence-electron chi connectivity index (χ1n) is 6.47. The van der Waals surface area contributed by atoms with Gasteiger partial charge in [-0.25, -0.2) is 0 Å². The molecule has 6 nitrogen and oxygen atoms in total. The molecule has 0 fully saturated rings. The van der Waals surface area contributed by atoms with Crippen LogP contribution in [-0.2, 0) is 17.9 Å². The molecule has 0 saturated carbocycles. The number of aryl methyl sites for hydroxylation is 3. The number of rotatable bonds is 7. The maximum atomic E-state index is 11.6. The maximum absolute atomic E-state index is 11.6. The summed E-state index contributed by atoms with van der Waals surface area (Å²) in [6.45, 7) is 4.11. The van der Waals surface area contributed by atoms with Crippen molar-refractivity contribution in [2.45, 2.75) is 32.9 Å². The summed E-state index contributed by atoms with van der Waals surface area (Å²) in [5.74, 6) is 0.0635. The molecule has 0 aromatic carbocycles. The van der Waals surface area contributed by atoms with Gasteiger partial charge in [-0.3, -0.25) is 14.2 Å². The van der Waals surface area contributed by atoms with Crippen LogP contribution in [0.1, 0.15) is 18.4 Å². The fraction of sp³-hybridized carbons (Fsp3) is 0.462. The molecule has 0 radical (unpaired) electrons. The number of aromatic nitrogens is 4. The van der Waals surface area contributed by atoms with Crippen molar-refractivity contribution in [3.05, 3.63) is 36.4 Å². The molecule has 0 aliphatic heterocycles. The van der Waals surface area contributed by atoms with Crippen LogP contribution in [0.25, 0.3) is 0 Å². The van der Waals surface area contributed by atoms with Gasteiger partial charge in [0.25, 0.3) is 0 Å². The number of hydrogen-bond donors (Lipinski definition) is 1. The molecule has 0 spiro atoms. The number of nitrogens with zero attached hydrogens (tertiary/aromatic N) is 4. The molecule has 1 amide bonds. The highest BCUT2D eigenvalue weighted by Crippen LogP contribution is 1.96. The van der Waals surface area contributed by atoms with Gasteiger partial charge in [-0.15, -0.1) is 0 Å². The van der Waals surface area contributed by atoms with Crippen molar-refractivity contribution in [1.82, 2.24) is 24.9 Å². The standard InChI is InChI=1S/C13H19N5O/c1-12-10-16-18(11-12)9-4-13(19)14-5-2-7-17-8-3-6-15-17/h3,6,8,10-11H,2,4-5,7,9H2,1H3,(H,14,19). The third-order valence-electron chi connectivity index (χ3n) is 2.78. The minimum absolute atomic E-state index is 0.0635. The van der Waals surface area contributed by atoms with Crippen LogP contribution in [0.15, 0.2) is 30.9 Å². The number of hydrogen-bond acceptors (Lipinski definition) is 3. The van der Waals surface area contributed by atoms with Crippen molar-refractivity contribution in [3.8, 4) is 0 Å². The minimum atomic E-state index is 0.0635. The highest BCUT2D eigenvalue weighted by atomic mass is 16.1. The van der Waals surface area contributed by atoms with Crippen molar-refractivity contribution in [1.29, 1.82) is 0 Å². The number of amides is 1. The van der Waals surface area contributed by atoms with Crippen molar-refractivity contribution >= 4 is 5.91 Å². The van der Waals surface area contributed by atoms with E-state index >= 15 is 0 Å². The van der Waals surface area contributed by atoms with Crippen molar-refractivity contribution < 1.29 is 4.79 Å². The first-order chi connectivity index (χ1) is 9.24. The Morgan fingerprint density at radius 1 is 1.32 bits per heavy atom. The summed E-state index contributed by atoms with van der Waals surface area (Å²) in [6, 6.07) is 1.89. The molecule has 2 aromatic heterocycles. The molecule has 2 aromatic rings. The molecule has 6 heteroatoms. The zero-order chi connectivity index (χ0) is 13.5. The lowest BCUT2D eigenvalue weighted by Gasteiger charge is -2.05. The fourth-order valence-electron chi connectivity index (χ4n) is 1.80. The summed E-state index contributed by atoms with van der Waals surface area (Å²) in [5, 5.41) is 11.1. The van der Waals surface area contributed by atoms with E-state index in [9.17, 15) is 4.79 Å². The Hall–Kier alpha value is -2.11. The van der Waals surface area contributed by atoms with Crippen molar-refractivity contribution in [2.75, 3.05) is 6.54 Å². The largest absolute Gasteiger partial charge is 0.356 e. The summed E-state index contributed by atoms with van der Waals surface area (Å²) >= 11 is 0. The highest BCUT2D eigenvalue weighted by molar-refractivity contribution is 5.75. The van der Waals surface area contributed by atoms with Crippen molar-refractivity contribution in [3.63, 3.8) is 0 Å². The quantitative estimate of drug-likeness (QED) is 0.756. The molecule has 0 aliphatic rings. The van der Waals surface area contributed by atoms with Gasteiger partial charge in [0, 0.05) is 44.6 Å². The molecule has 0 aliphatic carbocycles. The summed E-state index contributed by atoms with van der Waals surface area (Å²) in [5.41, 5.74) is 1.11. The summed E-state index contributed by atoms with van der Waals surface area (Å²) in [4.78, 5) is 11.6. The molecule has 2 heterocycles. The van der Waals surface area contributed by atoms with Crippen LogP contribution in [0.5, 0.6) is 0 Å². The number of carbonyl (C=O) groups is 1. The van der Waals surface area contributed by atoms with E-state index in [1.54, 1.807) is 17.1 Å². The van der Waals surface area contributed by atoms with Gasteiger partial charge in [0.1, 0.15) is 0 Å². The van der Waals surface area contributed by atoms with Crippen LogP contribution < -0.4 is 5.32 Å². The second-order valence-electron chi connectivity index (χ2n) is 4.50. The van der Waals surface area contributed by atoms with Crippen LogP contribution >= 0.6 is 0 Å². The van der Waals surface area contributed by atoms with Crippen LogP contribution in [0.4, 0.5) is 0 Å². The molecule has 0 atom stereocenters. The normalized spacial score (nSPS) is 10.6. The number of nitrogens with one attached hydrogen (secondary N) is 1. The lowest BCUT2D eigenvalue weighted by atomic mass is 10.3. The monoisotopic (exact) mass is 261 g/mol. The third-order valence-corrected chi connectivity index (χ3v) is 2.78. The van der Waals surface area contributed by atoms with Crippen molar-refractivity contribution in [2.24, 2.45) is 0 Å². The molecule has 1 N–H and O–H groups in total. The van der Waals surface area contributed by atoms with Gasteiger partial charge in [0.15, 0.2) is 0 Å². The zero-order valence-corrected chi connectivity index (χ0v) is 11.1. The second-order valence-corrected chi connectivity index (χ2v) is 4.50. The molecule has 0 bridgehead atoms. The van der Waals surface area contributed by atoms with Crippen LogP contribution in [-0.4, -0.2) is 32.0 Å². The molecule has 0 unspecified atom stereocenters. The number of carbonyl (C=O) groups excluding carboxylic acids is 1. The summed E-state index contributed by atoms with van der Waals surface area (Å²) in [6.07, 6.45) is 8.75. The third kappa shape index (κ3) is 4.57. The van der Waals surface area contributed by atoms with Crippen LogP contribution in [0, 0.1) is 6.92 Å². The second kappa shape index (κ2) is 6.72. The lowest BCUT2D eigenvalue weighted by molar-refractivity contribution is -0.121. The molecular formula is C13H19N5O. The van der Waals surface area contributed by atoms with Gasteiger partial charge in [-0.2, -0.15) is 10.2 Å². The molecule has 0 saturated heterocycles. The topological polar surface area (TPSA) is 64.7 Å². The Balaban J connectivity index is 1.57. The predicted molar refractivity (Wildman–Crippen MR) is 71.4 cm³/mol. The Kier molecular flexibility index (Phi) is 4.72. The van der Waals surface area contributed by atoms with E-state index in [0.29, 0.717) is 19.5 Å². The van der Waals surface area contributed by atoms with E-state index in [2.05, 4.69) is 15.5 Å². The van der Waals surface area contributed by atoms with E-state index in [-0.39, 0.29) is 5.91 Å².